The Hall–Kier alpha value is -3.26. The third kappa shape index (κ3) is 3.69. The number of rotatable bonds is 4. The zero-order valence-electron chi connectivity index (χ0n) is 12.0. The summed E-state index contributed by atoms with van der Waals surface area (Å²) in [5.41, 5.74) is 11.5. The predicted octanol–water partition coefficient (Wildman–Crippen LogP) is 1.30. The van der Waals surface area contributed by atoms with Crippen molar-refractivity contribution in [3.63, 3.8) is 0 Å². The Morgan fingerprint density at radius 1 is 1.04 bits per heavy atom. The Morgan fingerprint density at radius 3 is 2.43 bits per heavy atom. The molecule has 0 spiro atoms. The van der Waals surface area contributed by atoms with E-state index in [1.165, 1.54) is 24.3 Å². The molecule has 0 aromatic heterocycles. The summed E-state index contributed by atoms with van der Waals surface area (Å²) < 4.78 is 0. The predicted molar refractivity (Wildman–Crippen MR) is 85.3 cm³/mol. The number of aromatic hydroxyl groups is 2. The minimum Gasteiger partial charge on any atom is -0.506 e. The van der Waals surface area contributed by atoms with Crippen LogP contribution in [0.3, 0.4) is 0 Å². The normalized spacial score (nSPS) is 10.1. The summed E-state index contributed by atoms with van der Waals surface area (Å²) in [5, 5.41) is 24.3. The second-order valence-corrected chi connectivity index (χ2v) is 4.69. The number of benzene rings is 2. The number of nitrogens with two attached hydrogens (primary N) is 2. The summed E-state index contributed by atoms with van der Waals surface area (Å²) >= 11 is 0. The number of hydrogen-bond donors (Lipinski definition) is 6. The van der Waals surface area contributed by atoms with E-state index in [4.69, 9.17) is 11.5 Å². The average Bonchev–Trinajstić information content (AvgIpc) is 2.51. The van der Waals surface area contributed by atoms with E-state index < -0.39 is 11.9 Å². The molecule has 0 bridgehead atoms. The van der Waals surface area contributed by atoms with Gasteiger partial charge in [-0.1, -0.05) is 12.1 Å². The molecule has 0 saturated carbocycles. The third-order valence-corrected chi connectivity index (χ3v) is 3.12. The number of phenols is 2. The first-order valence-electron chi connectivity index (χ1n) is 6.64. The van der Waals surface area contributed by atoms with Gasteiger partial charge in [0, 0.05) is 12.1 Å². The number of carbonyl (C=O) groups excluding carboxylic acids is 2. The molecule has 0 aliphatic carbocycles. The molecule has 8 N–H and O–H groups in total. The van der Waals surface area contributed by atoms with E-state index in [1.54, 1.807) is 12.1 Å². The SMILES string of the molecule is NCc1cccc(O)c1NC(=O)Nc1cc(C(N)=O)ccc1O. The molecule has 23 heavy (non-hydrogen) atoms. The van der Waals surface area contributed by atoms with Crippen LogP contribution in [-0.4, -0.2) is 22.2 Å². The number of carbonyl (C=O) groups is 2. The average molecular weight is 316 g/mol. The maximum atomic E-state index is 12.0. The Labute approximate surface area is 131 Å². The molecule has 0 radical (unpaired) electrons. The highest BCUT2D eigenvalue weighted by Crippen LogP contribution is 2.28. The van der Waals surface area contributed by atoms with Crippen molar-refractivity contribution < 1.29 is 19.8 Å². The van der Waals surface area contributed by atoms with E-state index in [2.05, 4.69) is 10.6 Å². The fourth-order valence-electron chi connectivity index (χ4n) is 1.96. The molecule has 0 heterocycles. The smallest absolute Gasteiger partial charge is 0.323 e. The Morgan fingerprint density at radius 2 is 1.78 bits per heavy atom. The van der Waals surface area contributed by atoms with Gasteiger partial charge < -0.3 is 32.3 Å². The monoisotopic (exact) mass is 316 g/mol. The van der Waals surface area contributed by atoms with Crippen molar-refractivity contribution in [3.05, 3.63) is 47.5 Å². The first-order chi connectivity index (χ1) is 10.9. The van der Waals surface area contributed by atoms with Crippen LogP contribution >= 0.6 is 0 Å². The van der Waals surface area contributed by atoms with Crippen molar-refractivity contribution in [1.29, 1.82) is 0 Å². The molecule has 8 nitrogen and oxygen atoms in total. The van der Waals surface area contributed by atoms with Crippen LogP contribution in [0.2, 0.25) is 0 Å². The van der Waals surface area contributed by atoms with Gasteiger partial charge >= 0.3 is 6.03 Å². The van der Waals surface area contributed by atoms with E-state index >= 15 is 0 Å². The van der Waals surface area contributed by atoms with Gasteiger partial charge in [0.15, 0.2) is 0 Å². The molecule has 0 fully saturated rings. The third-order valence-electron chi connectivity index (χ3n) is 3.12. The number of nitrogens with one attached hydrogen (secondary N) is 2. The standard InChI is InChI=1S/C15H16N4O4/c16-7-9-2-1-3-12(21)13(9)19-15(23)18-10-6-8(14(17)22)4-5-11(10)20/h1-6,20-21H,7,16H2,(H2,17,22)(H2,18,19,23). The fourth-order valence-corrected chi connectivity index (χ4v) is 1.96. The summed E-state index contributed by atoms with van der Waals surface area (Å²) in [4.78, 5) is 23.2. The molecule has 3 amide bonds. The molecule has 0 saturated heterocycles. The Kier molecular flexibility index (Phi) is 4.67. The lowest BCUT2D eigenvalue weighted by Gasteiger charge is -2.13. The van der Waals surface area contributed by atoms with Crippen molar-refractivity contribution in [3.8, 4) is 11.5 Å². The zero-order valence-corrected chi connectivity index (χ0v) is 12.0. The van der Waals surface area contributed by atoms with E-state index in [1.807, 2.05) is 0 Å². The minimum atomic E-state index is -0.724. The van der Waals surface area contributed by atoms with Crippen molar-refractivity contribution >= 4 is 23.3 Å². The van der Waals surface area contributed by atoms with Crippen molar-refractivity contribution in [2.75, 3.05) is 10.6 Å². The van der Waals surface area contributed by atoms with Crippen LogP contribution in [0, 0.1) is 0 Å². The van der Waals surface area contributed by atoms with Crippen LogP contribution in [0.5, 0.6) is 11.5 Å². The quantitative estimate of drug-likeness (QED) is 0.470. The molecule has 2 rings (SSSR count). The second-order valence-electron chi connectivity index (χ2n) is 4.69. The molecule has 0 aliphatic rings. The number of hydrogen-bond acceptors (Lipinski definition) is 5. The van der Waals surface area contributed by atoms with Gasteiger partial charge in [-0.2, -0.15) is 0 Å². The Bertz CT molecular complexity index is 761. The second kappa shape index (κ2) is 6.67. The summed E-state index contributed by atoms with van der Waals surface area (Å²) in [6.07, 6.45) is 0. The van der Waals surface area contributed by atoms with E-state index in [-0.39, 0.29) is 35.0 Å². The van der Waals surface area contributed by atoms with E-state index in [9.17, 15) is 19.8 Å². The number of anilines is 2. The summed E-state index contributed by atoms with van der Waals surface area (Å²) in [6, 6.07) is 7.74. The fraction of sp³-hybridized carbons (Fsp3) is 0.0667. The number of amides is 3. The van der Waals surface area contributed by atoms with Gasteiger partial charge in [-0.15, -0.1) is 0 Å². The van der Waals surface area contributed by atoms with Crippen LogP contribution in [0.25, 0.3) is 0 Å². The lowest BCUT2D eigenvalue weighted by Crippen LogP contribution is -2.21. The molecule has 0 aliphatic heterocycles. The number of phenolic OH excluding ortho intramolecular Hbond substituents is 2. The topological polar surface area (TPSA) is 151 Å². The summed E-state index contributed by atoms with van der Waals surface area (Å²) in [5.74, 6) is -1.07. The molecule has 120 valence electrons. The molecular weight excluding hydrogens is 300 g/mol. The molecular formula is C15H16N4O4. The molecule has 0 unspecified atom stereocenters. The van der Waals surface area contributed by atoms with Gasteiger partial charge in [-0.3, -0.25) is 4.79 Å². The maximum Gasteiger partial charge on any atom is 0.323 e. The van der Waals surface area contributed by atoms with Gasteiger partial charge in [0.05, 0.1) is 11.4 Å². The summed E-state index contributed by atoms with van der Waals surface area (Å²) in [6.45, 7) is 0.117. The van der Waals surface area contributed by atoms with Crippen LogP contribution in [0.4, 0.5) is 16.2 Å². The van der Waals surface area contributed by atoms with Crippen LogP contribution in [0.15, 0.2) is 36.4 Å². The van der Waals surface area contributed by atoms with Crippen LogP contribution < -0.4 is 22.1 Å². The van der Waals surface area contributed by atoms with E-state index in [0.717, 1.165) is 0 Å². The molecule has 2 aromatic carbocycles. The molecule has 0 atom stereocenters. The van der Waals surface area contributed by atoms with Crippen molar-refractivity contribution in [2.24, 2.45) is 11.5 Å². The molecule has 8 heteroatoms. The van der Waals surface area contributed by atoms with E-state index in [0.29, 0.717) is 5.56 Å². The number of primary amides is 1. The first-order valence-corrected chi connectivity index (χ1v) is 6.64. The van der Waals surface area contributed by atoms with Gasteiger partial charge in [-0.05, 0) is 29.8 Å². The van der Waals surface area contributed by atoms with Gasteiger partial charge in [-0.25, -0.2) is 4.79 Å². The largest absolute Gasteiger partial charge is 0.506 e. The van der Waals surface area contributed by atoms with Gasteiger partial charge in [0.2, 0.25) is 5.91 Å². The number of para-hydroxylation sites is 1. The number of urea groups is 1. The Balaban J connectivity index is 2.21. The van der Waals surface area contributed by atoms with Gasteiger partial charge in [0.25, 0.3) is 0 Å². The summed E-state index contributed by atoms with van der Waals surface area (Å²) in [7, 11) is 0. The zero-order chi connectivity index (χ0) is 17.0. The lowest BCUT2D eigenvalue weighted by molar-refractivity contribution is 0.100. The highest BCUT2D eigenvalue weighted by Gasteiger charge is 2.13. The maximum absolute atomic E-state index is 12.0. The van der Waals surface area contributed by atoms with Crippen LogP contribution in [-0.2, 0) is 6.54 Å². The first kappa shape index (κ1) is 16.1. The minimum absolute atomic E-state index is 0.00326. The highest BCUT2D eigenvalue weighted by molar-refractivity contribution is 6.03. The van der Waals surface area contributed by atoms with Crippen molar-refractivity contribution in [1.82, 2.24) is 0 Å². The van der Waals surface area contributed by atoms with Crippen LogP contribution in [0.1, 0.15) is 15.9 Å². The highest BCUT2D eigenvalue weighted by atomic mass is 16.3. The van der Waals surface area contributed by atoms with Crippen molar-refractivity contribution in [2.45, 2.75) is 6.54 Å². The molecule has 2 aromatic rings. The lowest BCUT2D eigenvalue weighted by atomic mass is 10.1. The van der Waals surface area contributed by atoms with Gasteiger partial charge in [0.1, 0.15) is 11.5 Å².